The lowest BCUT2D eigenvalue weighted by molar-refractivity contribution is 0.0982. The number of hydrogen-bond donors (Lipinski definition) is 2. The van der Waals surface area contributed by atoms with Gasteiger partial charge in [-0.25, -0.2) is 4.98 Å². The fourth-order valence-electron chi connectivity index (χ4n) is 3.41. The van der Waals surface area contributed by atoms with E-state index in [4.69, 9.17) is 51.4 Å². The van der Waals surface area contributed by atoms with Gasteiger partial charge in [-0.3, -0.25) is 10.1 Å². The standard InChI is InChI=1S/C24H14Cl3N3O2S2/c1-11-2-3-12(23-28-17-9-13(25)5-7-18(17)32-23)8-16(11)29-24(33)30-22(31)21-20(27)15-6-4-14(26)10-19(15)34-21/h2-10H,1H3,(H2,29,30,31,33). The van der Waals surface area contributed by atoms with Gasteiger partial charge in [0.05, 0.1) is 5.02 Å². The molecule has 0 aliphatic carbocycles. The number of carbonyl (C=O) groups is 1. The molecule has 5 nitrogen and oxygen atoms in total. The zero-order chi connectivity index (χ0) is 24.0. The Bertz CT molecular complexity index is 1610. The number of benzene rings is 3. The van der Waals surface area contributed by atoms with Crippen LogP contribution in [0.3, 0.4) is 0 Å². The van der Waals surface area contributed by atoms with Gasteiger partial charge in [-0.15, -0.1) is 11.3 Å². The molecule has 5 rings (SSSR count). The molecule has 0 bridgehead atoms. The van der Waals surface area contributed by atoms with Gasteiger partial charge in [0.25, 0.3) is 5.91 Å². The first kappa shape index (κ1) is 23.1. The molecule has 2 aromatic heterocycles. The summed E-state index contributed by atoms with van der Waals surface area (Å²) < 4.78 is 6.68. The van der Waals surface area contributed by atoms with Gasteiger partial charge in [-0.2, -0.15) is 0 Å². The molecule has 3 aromatic carbocycles. The number of amides is 1. The highest BCUT2D eigenvalue weighted by Crippen LogP contribution is 2.36. The van der Waals surface area contributed by atoms with E-state index in [0.717, 1.165) is 21.2 Å². The Hall–Kier alpha value is -2.68. The van der Waals surface area contributed by atoms with E-state index in [-0.39, 0.29) is 5.11 Å². The van der Waals surface area contributed by atoms with Crippen molar-refractivity contribution in [3.63, 3.8) is 0 Å². The predicted molar refractivity (Wildman–Crippen MR) is 145 cm³/mol. The SMILES string of the molecule is Cc1ccc(-c2nc3cc(Cl)ccc3o2)cc1NC(=S)NC(=O)c1sc2cc(Cl)ccc2c1Cl. The number of hydrogen-bond acceptors (Lipinski definition) is 5. The molecule has 0 unspecified atom stereocenters. The summed E-state index contributed by atoms with van der Waals surface area (Å²) in [5.41, 5.74) is 3.69. The molecular weight excluding hydrogens is 533 g/mol. The summed E-state index contributed by atoms with van der Waals surface area (Å²) in [5.74, 6) is 0.0513. The second kappa shape index (κ2) is 9.17. The molecule has 2 heterocycles. The number of oxazole rings is 1. The number of aromatic nitrogens is 1. The Kier molecular flexibility index (Phi) is 6.22. The van der Waals surface area contributed by atoms with Crippen LogP contribution < -0.4 is 10.6 Å². The lowest BCUT2D eigenvalue weighted by Gasteiger charge is -2.12. The van der Waals surface area contributed by atoms with Crippen molar-refractivity contribution < 1.29 is 9.21 Å². The molecule has 0 aliphatic rings. The van der Waals surface area contributed by atoms with Crippen molar-refractivity contribution in [1.29, 1.82) is 0 Å². The average Bonchev–Trinajstić information content (AvgIpc) is 3.35. The third-order valence-electron chi connectivity index (χ3n) is 5.11. The van der Waals surface area contributed by atoms with Gasteiger partial charge in [-0.05, 0) is 67.2 Å². The number of fused-ring (bicyclic) bond motifs is 2. The zero-order valence-corrected chi connectivity index (χ0v) is 21.3. The van der Waals surface area contributed by atoms with Gasteiger partial charge in [0.2, 0.25) is 5.89 Å². The van der Waals surface area contributed by atoms with Crippen molar-refractivity contribution in [3.05, 3.63) is 80.1 Å². The molecule has 34 heavy (non-hydrogen) atoms. The number of carbonyl (C=O) groups excluding carboxylic acids is 1. The topological polar surface area (TPSA) is 67.2 Å². The summed E-state index contributed by atoms with van der Waals surface area (Å²) in [7, 11) is 0. The second-order valence-corrected chi connectivity index (χ2v) is 10.2. The predicted octanol–water partition coefficient (Wildman–Crippen LogP) is 8.10. The highest BCUT2D eigenvalue weighted by molar-refractivity contribution is 7.80. The molecule has 10 heteroatoms. The summed E-state index contributed by atoms with van der Waals surface area (Å²) in [6.45, 7) is 1.93. The number of anilines is 1. The normalized spacial score (nSPS) is 11.2. The van der Waals surface area contributed by atoms with Crippen molar-refractivity contribution in [2.75, 3.05) is 5.32 Å². The number of nitrogens with one attached hydrogen (secondary N) is 2. The van der Waals surface area contributed by atoms with Crippen LogP contribution in [0.5, 0.6) is 0 Å². The molecule has 0 aliphatic heterocycles. The van der Waals surface area contributed by atoms with Gasteiger partial charge >= 0.3 is 0 Å². The van der Waals surface area contributed by atoms with Crippen molar-refractivity contribution in [2.24, 2.45) is 0 Å². The smallest absolute Gasteiger partial charge is 0.269 e. The van der Waals surface area contributed by atoms with Crippen molar-refractivity contribution in [2.45, 2.75) is 6.92 Å². The molecule has 0 saturated carbocycles. The molecule has 2 N–H and O–H groups in total. The summed E-state index contributed by atoms with van der Waals surface area (Å²) in [5, 5.41) is 8.21. The first-order valence-electron chi connectivity index (χ1n) is 9.95. The molecule has 1 amide bonds. The molecule has 5 aromatic rings. The zero-order valence-electron chi connectivity index (χ0n) is 17.4. The number of thiocarbonyl (C=S) groups is 1. The van der Waals surface area contributed by atoms with Crippen LogP contribution in [0.2, 0.25) is 15.1 Å². The monoisotopic (exact) mass is 545 g/mol. The average molecular weight is 547 g/mol. The third-order valence-corrected chi connectivity index (χ3v) is 7.44. The van der Waals surface area contributed by atoms with Gasteiger partial charge in [0, 0.05) is 31.4 Å². The van der Waals surface area contributed by atoms with Gasteiger partial charge in [0.15, 0.2) is 10.7 Å². The quantitative estimate of drug-likeness (QED) is 0.224. The Morgan fingerprint density at radius 1 is 1.03 bits per heavy atom. The largest absolute Gasteiger partial charge is 0.436 e. The number of nitrogens with zero attached hydrogens (tertiary/aromatic N) is 1. The maximum atomic E-state index is 12.8. The molecule has 0 spiro atoms. The number of thiophene rings is 1. The van der Waals surface area contributed by atoms with E-state index < -0.39 is 5.91 Å². The molecule has 0 atom stereocenters. The van der Waals surface area contributed by atoms with E-state index in [1.807, 2.05) is 25.1 Å². The van der Waals surface area contributed by atoms with Crippen LogP contribution in [0.25, 0.3) is 32.6 Å². The summed E-state index contributed by atoms with van der Waals surface area (Å²) in [6.07, 6.45) is 0. The van der Waals surface area contributed by atoms with Crippen LogP contribution in [-0.4, -0.2) is 16.0 Å². The van der Waals surface area contributed by atoms with Crippen LogP contribution in [0.1, 0.15) is 15.2 Å². The lowest BCUT2D eigenvalue weighted by atomic mass is 10.1. The first-order chi connectivity index (χ1) is 16.3. The van der Waals surface area contributed by atoms with Crippen molar-refractivity contribution in [1.82, 2.24) is 10.3 Å². The van der Waals surface area contributed by atoms with Crippen LogP contribution >= 0.6 is 58.4 Å². The minimum absolute atomic E-state index is 0.140. The maximum absolute atomic E-state index is 12.8. The summed E-state index contributed by atoms with van der Waals surface area (Å²) >= 11 is 25.2. The highest BCUT2D eigenvalue weighted by atomic mass is 35.5. The Morgan fingerprint density at radius 3 is 2.62 bits per heavy atom. The first-order valence-corrected chi connectivity index (χ1v) is 12.3. The van der Waals surface area contributed by atoms with E-state index >= 15 is 0 Å². The van der Waals surface area contributed by atoms with E-state index in [0.29, 0.717) is 42.6 Å². The van der Waals surface area contributed by atoms with Gasteiger partial charge < -0.3 is 9.73 Å². The van der Waals surface area contributed by atoms with Crippen molar-refractivity contribution >= 4 is 96.3 Å². The maximum Gasteiger partial charge on any atom is 0.269 e. The Balaban J connectivity index is 1.36. The fraction of sp³-hybridized carbons (Fsp3) is 0.0417. The van der Waals surface area contributed by atoms with Gasteiger partial charge in [0.1, 0.15) is 10.4 Å². The second-order valence-electron chi connectivity index (χ2n) is 7.45. The molecule has 0 saturated heterocycles. The molecule has 170 valence electrons. The number of halogens is 3. The van der Waals surface area contributed by atoms with E-state index in [1.165, 1.54) is 11.3 Å². The summed E-state index contributed by atoms with van der Waals surface area (Å²) in [6, 6.07) is 16.2. The molecular formula is C24H14Cl3N3O2S2. The lowest BCUT2D eigenvalue weighted by Crippen LogP contribution is -2.34. The number of aryl methyl sites for hydroxylation is 1. The van der Waals surface area contributed by atoms with E-state index in [1.54, 1.807) is 36.4 Å². The van der Waals surface area contributed by atoms with Crippen LogP contribution in [0, 0.1) is 6.92 Å². The van der Waals surface area contributed by atoms with E-state index in [9.17, 15) is 4.79 Å². The fourth-order valence-corrected chi connectivity index (χ4v) is 5.47. The highest BCUT2D eigenvalue weighted by Gasteiger charge is 2.19. The minimum Gasteiger partial charge on any atom is -0.436 e. The third kappa shape index (κ3) is 4.50. The van der Waals surface area contributed by atoms with Crippen molar-refractivity contribution in [3.8, 4) is 11.5 Å². The van der Waals surface area contributed by atoms with Gasteiger partial charge in [-0.1, -0.05) is 46.9 Å². The molecule has 0 fully saturated rings. The Labute approximate surface area is 218 Å². The van der Waals surface area contributed by atoms with E-state index in [2.05, 4.69) is 15.6 Å². The van der Waals surface area contributed by atoms with Crippen LogP contribution in [-0.2, 0) is 0 Å². The Morgan fingerprint density at radius 2 is 1.79 bits per heavy atom. The molecule has 0 radical (unpaired) electrons. The van der Waals surface area contributed by atoms with Crippen LogP contribution in [0.15, 0.2) is 59.0 Å². The number of rotatable bonds is 3. The minimum atomic E-state index is -0.399. The van der Waals surface area contributed by atoms with Crippen LogP contribution in [0.4, 0.5) is 5.69 Å². The summed E-state index contributed by atoms with van der Waals surface area (Å²) in [4.78, 5) is 17.7.